The number of benzene rings is 2. The Morgan fingerprint density at radius 2 is 1.51 bits per heavy atom. The van der Waals surface area contributed by atoms with Crippen LogP contribution in [0, 0.1) is 0 Å². The highest BCUT2D eigenvalue weighted by Crippen LogP contribution is 2.37. The van der Waals surface area contributed by atoms with Gasteiger partial charge in [-0.15, -0.1) is 11.6 Å². The predicted molar refractivity (Wildman–Crippen MR) is 121 cm³/mol. The van der Waals surface area contributed by atoms with E-state index in [0.717, 1.165) is 37.1 Å². The van der Waals surface area contributed by atoms with Gasteiger partial charge >= 0.3 is 18.2 Å². The number of carbonyl (C=O) groups excluding carboxylic acids is 1. The minimum atomic E-state index is -5.46. The van der Waals surface area contributed by atoms with Gasteiger partial charge in [0, 0.05) is 6.61 Å². The van der Waals surface area contributed by atoms with Gasteiger partial charge in [-0.2, -0.15) is 17.6 Å². The minimum Gasteiger partial charge on any atom is -0.492 e. The van der Waals surface area contributed by atoms with Crippen molar-refractivity contribution < 1.29 is 46.0 Å². The van der Waals surface area contributed by atoms with Crippen LogP contribution in [0.4, 0.5) is 17.6 Å². The van der Waals surface area contributed by atoms with Crippen molar-refractivity contribution in [3.8, 4) is 17.2 Å². The largest absolute Gasteiger partial charge is 0.492 e. The Balaban J connectivity index is 1.94. The Kier molecular flexibility index (Phi) is 11.1. The molecule has 0 amide bonds. The molecule has 11 heteroatoms. The van der Waals surface area contributed by atoms with Crippen molar-refractivity contribution in [2.24, 2.45) is 0 Å². The third kappa shape index (κ3) is 9.54. The van der Waals surface area contributed by atoms with E-state index in [1.54, 1.807) is 19.1 Å². The Morgan fingerprint density at radius 1 is 0.914 bits per heavy atom. The van der Waals surface area contributed by atoms with Crippen molar-refractivity contribution in [3.63, 3.8) is 0 Å². The van der Waals surface area contributed by atoms with E-state index >= 15 is 0 Å². The van der Waals surface area contributed by atoms with Crippen molar-refractivity contribution in [3.05, 3.63) is 54.1 Å². The van der Waals surface area contributed by atoms with E-state index in [-0.39, 0.29) is 23.3 Å². The molecule has 0 aliphatic carbocycles. The van der Waals surface area contributed by atoms with Crippen LogP contribution in [0.3, 0.4) is 0 Å². The normalized spacial score (nSPS) is 14.1. The van der Waals surface area contributed by atoms with Crippen molar-refractivity contribution in [1.29, 1.82) is 0 Å². The third-order valence-electron chi connectivity index (χ3n) is 4.35. The lowest BCUT2D eigenvalue weighted by molar-refractivity contribution is -0.411. The summed E-state index contributed by atoms with van der Waals surface area (Å²) in [6.07, 6.45) is -3.89. The molecule has 0 aliphatic heterocycles. The maximum Gasteiger partial charge on any atom is 0.491 e. The van der Waals surface area contributed by atoms with Gasteiger partial charge in [-0.3, -0.25) is 0 Å². The average Bonchev–Trinajstić information content (AvgIpc) is 2.81. The molecule has 2 aromatic carbocycles. The second-order valence-electron chi connectivity index (χ2n) is 7.43. The summed E-state index contributed by atoms with van der Waals surface area (Å²) in [5, 5.41) is -0.179. The Hall–Kier alpha value is -2.56. The molecule has 194 valence electrons. The third-order valence-corrected chi connectivity index (χ3v) is 4.48. The maximum absolute atomic E-state index is 14.5. The summed E-state index contributed by atoms with van der Waals surface area (Å²) in [7, 11) is 0. The highest BCUT2D eigenvalue weighted by molar-refractivity contribution is 6.20. The van der Waals surface area contributed by atoms with Crippen LogP contribution in [0.25, 0.3) is 0 Å². The van der Waals surface area contributed by atoms with Gasteiger partial charge in [-0.25, -0.2) is 4.79 Å². The molecule has 0 N–H and O–H groups in total. The van der Waals surface area contributed by atoms with Gasteiger partial charge in [0.2, 0.25) is 0 Å². The molecular formula is C24H27ClF4O6. The summed E-state index contributed by atoms with van der Waals surface area (Å²) in [6, 6.07) is 6.11. The van der Waals surface area contributed by atoms with Crippen LogP contribution < -0.4 is 14.2 Å². The summed E-state index contributed by atoms with van der Waals surface area (Å²) >= 11 is 5.82. The number of carbonyl (C=O) groups is 1. The number of ether oxygens (including phenoxy) is 5. The molecule has 0 aromatic heterocycles. The highest BCUT2D eigenvalue weighted by Gasteiger charge is 2.61. The number of unbranched alkanes of at least 4 members (excludes halogenated alkanes) is 1. The zero-order valence-electron chi connectivity index (χ0n) is 19.3. The standard InChI is InChI=1S/C24H27ClF4O6/c1-3-4-13-31-14-15-33-24(29,23(26,27)28)35-21-11-9-20(10-12-21)34-22(30)18-5-7-19(8-6-18)32-16-17(2)25/h5-12,17H,3-4,13-16H2,1-2H3. The van der Waals surface area contributed by atoms with Gasteiger partial charge in [0.15, 0.2) is 0 Å². The molecule has 2 aromatic rings. The summed E-state index contributed by atoms with van der Waals surface area (Å²) in [5.41, 5.74) is 0.214. The summed E-state index contributed by atoms with van der Waals surface area (Å²) in [5.74, 6) is -0.658. The number of halogens is 5. The zero-order valence-corrected chi connectivity index (χ0v) is 20.0. The Labute approximate surface area is 206 Å². The molecule has 2 rings (SSSR count). The summed E-state index contributed by atoms with van der Waals surface area (Å²) in [6.45, 7) is 3.44. The molecule has 0 bridgehead atoms. The van der Waals surface area contributed by atoms with Crippen LogP contribution in [0.5, 0.6) is 17.2 Å². The molecule has 0 aliphatic rings. The molecule has 0 spiro atoms. The average molecular weight is 523 g/mol. The lowest BCUT2D eigenvalue weighted by atomic mass is 10.2. The van der Waals surface area contributed by atoms with Crippen LogP contribution >= 0.6 is 11.6 Å². The lowest BCUT2D eigenvalue weighted by Crippen LogP contribution is -2.49. The molecule has 6 nitrogen and oxygen atoms in total. The van der Waals surface area contributed by atoms with Crippen LogP contribution in [0.1, 0.15) is 37.0 Å². The Morgan fingerprint density at radius 3 is 2.09 bits per heavy atom. The molecule has 0 saturated carbocycles. The monoisotopic (exact) mass is 522 g/mol. The number of esters is 1. The molecule has 2 unspecified atom stereocenters. The maximum atomic E-state index is 14.5. The van der Waals surface area contributed by atoms with Crippen LogP contribution in [0.15, 0.2) is 48.5 Å². The second-order valence-corrected chi connectivity index (χ2v) is 8.17. The fourth-order valence-corrected chi connectivity index (χ4v) is 2.60. The number of alkyl halides is 5. The Bertz CT molecular complexity index is 906. The summed E-state index contributed by atoms with van der Waals surface area (Å²) in [4.78, 5) is 12.3. The molecular weight excluding hydrogens is 496 g/mol. The van der Waals surface area contributed by atoms with Crippen LogP contribution in [-0.2, 0) is 9.47 Å². The minimum absolute atomic E-state index is 0.0142. The van der Waals surface area contributed by atoms with Crippen molar-refractivity contribution in [1.82, 2.24) is 0 Å². The molecule has 0 saturated heterocycles. The van der Waals surface area contributed by atoms with Gasteiger partial charge in [0.05, 0.1) is 24.2 Å². The smallest absolute Gasteiger partial charge is 0.491 e. The summed E-state index contributed by atoms with van der Waals surface area (Å²) < 4.78 is 78.6. The first-order valence-corrected chi connectivity index (χ1v) is 11.3. The number of rotatable bonds is 14. The van der Waals surface area contributed by atoms with E-state index < -0.39 is 30.5 Å². The molecule has 2 atom stereocenters. The van der Waals surface area contributed by atoms with Gasteiger partial charge in [-0.05, 0) is 61.9 Å². The van der Waals surface area contributed by atoms with E-state index in [4.69, 9.17) is 25.8 Å². The highest BCUT2D eigenvalue weighted by atomic mass is 35.5. The fourth-order valence-electron chi connectivity index (χ4n) is 2.54. The second kappa shape index (κ2) is 13.5. The van der Waals surface area contributed by atoms with Gasteiger partial charge in [0.1, 0.15) is 23.9 Å². The van der Waals surface area contributed by atoms with Crippen molar-refractivity contribution >= 4 is 17.6 Å². The number of hydrogen-bond acceptors (Lipinski definition) is 6. The van der Waals surface area contributed by atoms with E-state index in [0.29, 0.717) is 19.0 Å². The molecule has 35 heavy (non-hydrogen) atoms. The van der Waals surface area contributed by atoms with Crippen molar-refractivity contribution in [2.75, 3.05) is 26.4 Å². The van der Waals surface area contributed by atoms with Gasteiger partial charge in [-0.1, -0.05) is 13.3 Å². The van der Waals surface area contributed by atoms with Crippen LogP contribution in [0.2, 0.25) is 0 Å². The van der Waals surface area contributed by atoms with E-state index in [2.05, 4.69) is 9.47 Å². The zero-order chi connectivity index (χ0) is 25.9. The quantitative estimate of drug-likeness (QED) is 0.0723. The molecule has 0 radical (unpaired) electrons. The predicted octanol–water partition coefficient (Wildman–Crippen LogP) is 6.31. The van der Waals surface area contributed by atoms with Crippen molar-refractivity contribution in [2.45, 2.75) is 44.3 Å². The SMILES string of the molecule is CCCCOCCOC(F)(Oc1ccc(OC(=O)c2ccc(OCC(C)Cl)cc2)cc1)C(F)(F)F. The van der Waals surface area contributed by atoms with E-state index in [1.807, 2.05) is 6.92 Å². The molecule has 0 fully saturated rings. The fraction of sp³-hybridized carbons (Fsp3) is 0.458. The van der Waals surface area contributed by atoms with E-state index in [1.165, 1.54) is 12.1 Å². The topological polar surface area (TPSA) is 63.2 Å². The number of hydrogen-bond donors (Lipinski definition) is 0. The first-order chi connectivity index (χ1) is 16.5. The molecule has 0 heterocycles. The van der Waals surface area contributed by atoms with Gasteiger partial charge < -0.3 is 23.7 Å². The van der Waals surface area contributed by atoms with Gasteiger partial charge in [0.25, 0.3) is 0 Å². The van der Waals surface area contributed by atoms with Crippen LogP contribution in [-0.4, -0.2) is 50.0 Å². The first kappa shape index (κ1) is 28.7. The lowest BCUT2D eigenvalue weighted by Gasteiger charge is -2.27. The van der Waals surface area contributed by atoms with E-state index in [9.17, 15) is 22.4 Å². The first-order valence-electron chi connectivity index (χ1n) is 10.9.